The van der Waals surface area contributed by atoms with Crippen molar-refractivity contribution in [3.05, 3.63) is 0 Å². The first kappa shape index (κ1) is 30.1. The normalized spacial score (nSPS) is 24.7. The minimum atomic E-state index is 0. The lowest BCUT2D eigenvalue weighted by Crippen LogP contribution is -2.42. The Morgan fingerprint density at radius 3 is 0.833 bits per heavy atom. The Kier molecular flexibility index (Phi) is 19.9. The first-order valence-electron chi connectivity index (χ1n) is 12.0. The zero-order valence-electron chi connectivity index (χ0n) is 20.4. The molecule has 4 saturated heterocycles. The van der Waals surface area contributed by atoms with E-state index in [1.54, 1.807) is 0 Å². The molecule has 6 heteroatoms. The van der Waals surface area contributed by atoms with Crippen LogP contribution in [0.4, 0.5) is 0 Å². The number of thioether (sulfide) groups is 1. The number of piperidine rings is 2. The molecule has 0 unspecified atom stereocenters. The van der Waals surface area contributed by atoms with Crippen molar-refractivity contribution in [2.45, 2.75) is 46.0 Å². The number of nitrogens with zero attached hydrogens (tertiary/aromatic N) is 5. The zero-order valence-corrected chi connectivity index (χ0v) is 21.2. The standard InChI is InChI=1S/C6H14N2.2C6H13N.C5H11NS.CH4/c1-7-3-5-8(2)6-4-7;2*1-7-5-3-2-4-6-7;1-6-2-4-7-5-3-6;/h3-6H2,1-2H3;2*2-6H2,1H3;2-5H2,1H3;1H4. The molecule has 5 nitrogen and oxygen atoms in total. The van der Waals surface area contributed by atoms with Crippen molar-refractivity contribution in [1.29, 1.82) is 0 Å². The van der Waals surface area contributed by atoms with Gasteiger partial charge in [0.05, 0.1) is 0 Å². The van der Waals surface area contributed by atoms with Crippen LogP contribution in [0.1, 0.15) is 46.0 Å². The van der Waals surface area contributed by atoms with E-state index >= 15 is 0 Å². The monoisotopic (exact) mass is 445 g/mol. The Labute approximate surface area is 194 Å². The summed E-state index contributed by atoms with van der Waals surface area (Å²) in [6.07, 6.45) is 8.55. The molecule has 0 spiro atoms. The SMILES string of the molecule is C.CN1CCCCC1.CN1CCCCC1.CN1CCN(C)CC1.CN1CCSCC1. The largest absolute Gasteiger partial charge is 0.306 e. The molecule has 0 saturated carbocycles. The lowest BCUT2D eigenvalue weighted by atomic mass is 10.1. The third-order valence-electron chi connectivity index (χ3n) is 6.12. The molecule has 0 aromatic carbocycles. The van der Waals surface area contributed by atoms with E-state index in [-0.39, 0.29) is 7.43 Å². The van der Waals surface area contributed by atoms with E-state index in [9.17, 15) is 0 Å². The molecule has 0 aromatic heterocycles. The second-order valence-electron chi connectivity index (χ2n) is 9.25. The summed E-state index contributed by atoms with van der Waals surface area (Å²) >= 11 is 2.06. The molecule has 0 amide bonds. The van der Waals surface area contributed by atoms with E-state index < -0.39 is 0 Å². The van der Waals surface area contributed by atoms with Crippen LogP contribution in [0.3, 0.4) is 0 Å². The molecule has 30 heavy (non-hydrogen) atoms. The number of likely N-dealkylation sites (N-methyl/N-ethyl adjacent to an activating group) is 2. The molecule has 0 N–H and O–H groups in total. The maximum Gasteiger partial charge on any atom is 0.0107 e. The second-order valence-corrected chi connectivity index (χ2v) is 10.5. The molecule has 4 aliphatic rings. The summed E-state index contributed by atoms with van der Waals surface area (Å²) in [6.45, 7) is 12.8. The van der Waals surface area contributed by atoms with E-state index in [2.05, 4.69) is 71.5 Å². The summed E-state index contributed by atoms with van der Waals surface area (Å²) in [5.74, 6) is 2.66. The van der Waals surface area contributed by atoms with Gasteiger partial charge in [-0.1, -0.05) is 20.3 Å². The maximum absolute atomic E-state index is 2.39. The van der Waals surface area contributed by atoms with E-state index in [4.69, 9.17) is 0 Å². The van der Waals surface area contributed by atoms with E-state index in [0.29, 0.717) is 0 Å². The lowest BCUT2D eigenvalue weighted by molar-refractivity contribution is 0.181. The predicted octanol–water partition coefficient (Wildman–Crippen LogP) is 3.37. The van der Waals surface area contributed by atoms with Crippen LogP contribution in [0.5, 0.6) is 0 Å². The smallest absolute Gasteiger partial charge is 0.0107 e. The minimum Gasteiger partial charge on any atom is -0.306 e. The molecule has 0 radical (unpaired) electrons. The quantitative estimate of drug-likeness (QED) is 0.564. The molecule has 4 heterocycles. The molecule has 0 bridgehead atoms. The van der Waals surface area contributed by atoms with E-state index in [0.717, 1.165) is 0 Å². The Morgan fingerprint density at radius 1 is 0.367 bits per heavy atom. The van der Waals surface area contributed by atoms with Gasteiger partial charge >= 0.3 is 0 Å². The molecular formula is C24H55N5S. The highest BCUT2D eigenvalue weighted by atomic mass is 32.2. The fraction of sp³-hybridized carbons (Fsp3) is 1.00. The Bertz CT molecular complexity index is 297. The van der Waals surface area contributed by atoms with Crippen LogP contribution in [0.2, 0.25) is 0 Å². The van der Waals surface area contributed by atoms with Gasteiger partial charge in [0.15, 0.2) is 0 Å². The van der Waals surface area contributed by atoms with Crippen LogP contribution in [0.25, 0.3) is 0 Å². The van der Waals surface area contributed by atoms with Crippen molar-refractivity contribution in [2.75, 3.05) is 112 Å². The molecule has 182 valence electrons. The highest BCUT2D eigenvalue weighted by Crippen LogP contribution is 2.06. The van der Waals surface area contributed by atoms with E-state index in [1.807, 2.05) is 0 Å². The summed E-state index contributed by atoms with van der Waals surface area (Å²) in [6, 6.07) is 0. The van der Waals surface area contributed by atoms with Gasteiger partial charge < -0.3 is 24.5 Å². The molecule has 0 aromatic rings. The fourth-order valence-electron chi connectivity index (χ4n) is 3.67. The minimum absolute atomic E-state index is 0. The average Bonchev–Trinajstić information content (AvgIpc) is 2.73. The van der Waals surface area contributed by atoms with Gasteiger partial charge in [0.2, 0.25) is 0 Å². The first-order chi connectivity index (χ1) is 14.0. The van der Waals surface area contributed by atoms with Crippen LogP contribution < -0.4 is 0 Å². The molecule has 0 atom stereocenters. The summed E-state index contributed by atoms with van der Waals surface area (Å²) < 4.78 is 0. The van der Waals surface area contributed by atoms with Crippen molar-refractivity contribution >= 4 is 11.8 Å². The molecule has 0 aliphatic carbocycles. The third kappa shape index (κ3) is 17.8. The summed E-state index contributed by atoms with van der Waals surface area (Å²) in [4.78, 5) is 11.9. The van der Waals surface area contributed by atoms with Gasteiger partial charge in [0.1, 0.15) is 0 Å². The zero-order chi connectivity index (χ0) is 21.3. The number of hydrogen-bond donors (Lipinski definition) is 0. The highest BCUT2D eigenvalue weighted by molar-refractivity contribution is 7.99. The second kappa shape index (κ2) is 19.8. The van der Waals surface area contributed by atoms with Crippen LogP contribution in [0, 0.1) is 0 Å². The molecular weight excluding hydrogens is 390 g/mol. The molecule has 4 rings (SSSR count). The fourth-order valence-corrected chi connectivity index (χ4v) is 4.75. The summed E-state index contributed by atoms with van der Waals surface area (Å²) in [7, 11) is 10.9. The van der Waals surface area contributed by atoms with Crippen LogP contribution in [-0.4, -0.2) is 137 Å². The summed E-state index contributed by atoms with van der Waals surface area (Å²) in [5, 5.41) is 0. The van der Waals surface area contributed by atoms with Crippen LogP contribution in [0.15, 0.2) is 0 Å². The number of piperazine rings is 1. The van der Waals surface area contributed by atoms with Gasteiger partial charge in [-0.25, -0.2) is 0 Å². The number of likely N-dealkylation sites (tertiary alicyclic amines) is 2. The van der Waals surface area contributed by atoms with E-state index in [1.165, 1.54) is 115 Å². The predicted molar refractivity (Wildman–Crippen MR) is 139 cm³/mol. The Morgan fingerprint density at radius 2 is 0.633 bits per heavy atom. The van der Waals surface area contributed by atoms with Gasteiger partial charge in [-0.15, -0.1) is 0 Å². The van der Waals surface area contributed by atoms with Gasteiger partial charge in [-0.3, -0.25) is 0 Å². The average molecular weight is 446 g/mol. The van der Waals surface area contributed by atoms with Crippen molar-refractivity contribution in [1.82, 2.24) is 24.5 Å². The number of rotatable bonds is 0. The van der Waals surface area contributed by atoms with Crippen molar-refractivity contribution < 1.29 is 0 Å². The van der Waals surface area contributed by atoms with Gasteiger partial charge in [0, 0.05) is 50.8 Å². The molecule has 4 fully saturated rings. The maximum atomic E-state index is 2.39. The third-order valence-corrected chi connectivity index (χ3v) is 7.06. The van der Waals surface area contributed by atoms with Gasteiger partial charge in [0.25, 0.3) is 0 Å². The van der Waals surface area contributed by atoms with Gasteiger partial charge in [-0.05, 0) is 87.1 Å². The number of hydrogen-bond acceptors (Lipinski definition) is 6. The Balaban J connectivity index is 0.000000370. The summed E-state index contributed by atoms with van der Waals surface area (Å²) in [5.41, 5.74) is 0. The first-order valence-corrected chi connectivity index (χ1v) is 13.1. The van der Waals surface area contributed by atoms with Crippen molar-refractivity contribution in [3.8, 4) is 0 Å². The van der Waals surface area contributed by atoms with Crippen molar-refractivity contribution in [2.24, 2.45) is 0 Å². The van der Waals surface area contributed by atoms with Crippen molar-refractivity contribution in [3.63, 3.8) is 0 Å². The Hall–Kier alpha value is 0.150. The highest BCUT2D eigenvalue weighted by Gasteiger charge is 2.08. The van der Waals surface area contributed by atoms with Crippen LogP contribution in [-0.2, 0) is 0 Å². The lowest BCUT2D eigenvalue weighted by Gasteiger charge is -2.28. The van der Waals surface area contributed by atoms with Crippen LogP contribution >= 0.6 is 11.8 Å². The van der Waals surface area contributed by atoms with Gasteiger partial charge in [-0.2, -0.15) is 11.8 Å². The molecule has 4 aliphatic heterocycles. The topological polar surface area (TPSA) is 16.2 Å².